The van der Waals surface area contributed by atoms with E-state index in [-0.39, 0.29) is 17.3 Å². The number of para-hydroxylation sites is 1. The number of esters is 1. The number of carbonyl (C=O) groups is 3. The highest BCUT2D eigenvalue weighted by Gasteiger charge is 2.17. The number of ketones is 1. The molecule has 0 heterocycles. The fourth-order valence-corrected chi connectivity index (χ4v) is 3.33. The number of rotatable bonds is 7. The van der Waals surface area contributed by atoms with Crippen LogP contribution in [0, 0.1) is 0 Å². The molecule has 0 aliphatic heterocycles. The van der Waals surface area contributed by atoms with Gasteiger partial charge in [0.25, 0.3) is 5.91 Å². The first-order chi connectivity index (χ1) is 16.1. The number of ether oxygens (including phenoxy) is 1. The Morgan fingerprint density at radius 2 is 1.18 bits per heavy atom. The van der Waals surface area contributed by atoms with Crippen LogP contribution in [0.5, 0.6) is 0 Å². The van der Waals surface area contributed by atoms with Crippen molar-refractivity contribution in [2.24, 2.45) is 0 Å². The first-order valence-electron chi connectivity index (χ1n) is 10.4. The van der Waals surface area contributed by atoms with Crippen LogP contribution in [0.3, 0.4) is 0 Å². The second-order valence-electron chi connectivity index (χ2n) is 7.31. The smallest absolute Gasteiger partial charge is 0.340 e. The van der Waals surface area contributed by atoms with Crippen molar-refractivity contribution in [3.05, 3.63) is 126 Å². The lowest BCUT2D eigenvalue weighted by Crippen LogP contribution is -2.18. The quantitative estimate of drug-likeness (QED) is 0.301. The topological polar surface area (TPSA) is 72.5 Å². The van der Waals surface area contributed by atoms with E-state index in [9.17, 15) is 14.4 Å². The van der Waals surface area contributed by atoms with Crippen molar-refractivity contribution in [1.82, 2.24) is 0 Å². The average molecular weight is 435 g/mol. The lowest BCUT2D eigenvalue weighted by atomic mass is 10.0. The van der Waals surface area contributed by atoms with E-state index in [1.165, 1.54) is 0 Å². The number of nitrogens with one attached hydrogen (secondary N) is 1. The summed E-state index contributed by atoms with van der Waals surface area (Å²) in [6.07, 6.45) is 0. The van der Waals surface area contributed by atoms with Crippen molar-refractivity contribution in [1.29, 1.82) is 0 Å². The van der Waals surface area contributed by atoms with Crippen molar-refractivity contribution >= 4 is 23.3 Å². The van der Waals surface area contributed by atoms with Crippen LogP contribution >= 0.6 is 0 Å². The molecule has 5 nitrogen and oxygen atoms in total. The van der Waals surface area contributed by atoms with Gasteiger partial charge in [0.2, 0.25) is 0 Å². The summed E-state index contributed by atoms with van der Waals surface area (Å²) in [6, 6.07) is 32.2. The van der Waals surface area contributed by atoms with E-state index in [1.54, 1.807) is 60.7 Å². The zero-order valence-electron chi connectivity index (χ0n) is 17.7. The van der Waals surface area contributed by atoms with Crippen molar-refractivity contribution < 1.29 is 19.1 Å². The van der Waals surface area contributed by atoms with Gasteiger partial charge in [0.1, 0.15) is 0 Å². The lowest BCUT2D eigenvalue weighted by Gasteiger charge is -2.11. The summed E-state index contributed by atoms with van der Waals surface area (Å²) in [6.45, 7) is -0.398. The lowest BCUT2D eigenvalue weighted by molar-refractivity contribution is 0.0475. The SMILES string of the molecule is O=C(COC(=O)c1ccccc1NC(=O)c1ccccc1)c1ccc(-c2ccccc2)cc1. The van der Waals surface area contributed by atoms with Crippen molar-refractivity contribution in [2.45, 2.75) is 0 Å². The molecule has 4 aromatic rings. The maximum absolute atomic E-state index is 12.6. The summed E-state index contributed by atoms with van der Waals surface area (Å²) in [7, 11) is 0. The molecule has 4 rings (SSSR count). The summed E-state index contributed by atoms with van der Waals surface area (Å²) in [5.74, 6) is -1.34. The second kappa shape index (κ2) is 10.2. The molecule has 0 aromatic heterocycles. The van der Waals surface area contributed by atoms with Crippen molar-refractivity contribution in [3.63, 3.8) is 0 Å². The molecule has 0 fully saturated rings. The maximum atomic E-state index is 12.6. The number of carbonyl (C=O) groups excluding carboxylic acids is 3. The predicted octanol–water partition coefficient (Wildman–Crippen LogP) is 5.65. The number of anilines is 1. The zero-order chi connectivity index (χ0) is 23.0. The van der Waals surface area contributed by atoms with Crippen LogP contribution in [0.2, 0.25) is 0 Å². The zero-order valence-corrected chi connectivity index (χ0v) is 17.7. The van der Waals surface area contributed by atoms with Gasteiger partial charge in [-0.05, 0) is 35.4 Å². The fourth-order valence-electron chi connectivity index (χ4n) is 3.33. The van der Waals surface area contributed by atoms with Gasteiger partial charge in [-0.15, -0.1) is 0 Å². The van der Waals surface area contributed by atoms with Gasteiger partial charge in [-0.1, -0.05) is 84.9 Å². The van der Waals surface area contributed by atoms with Gasteiger partial charge in [-0.2, -0.15) is 0 Å². The molecule has 162 valence electrons. The van der Waals surface area contributed by atoms with Crippen molar-refractivity contribution in [3.8, 4) is 11.1 Å². The molecule has 4 aromatic carbocycles. The van der Waals surface area contributed by atoms with Crippen LogP contribution in [0.15, 0.2) is 109 Å². The Morgan fingerprint density at radius 1 is 0.606 bits per heavy atom. The van der Waals surface area contributed by atoms with Gasteiger partial charge in [0.05, 0.1) is 11.3 Å². The Labute approximate surface area is 191 Å². The number of hydrogen-bond acceptors (Lipinski definition) is 4. The molecule has 0 saturated carbocycles. The normalized spacial score (nSPS) is 10.3. The number of benzene rings is 4. The molecular weight excluding hydrogens is 414 g/mol. The second-order valence-corrected chi connectivity index (χ2v) is 7.31. The molecule has 1 amide bonds. The van der Waals surface area contributed by atoms with Gasteiger partial charge in [-0.3, -0.25) is 9.59 Å². The van der Waals surface area contributed by atoms with Crippen LogP contribution in [0.4, 0.5) is 5.69 Å². The van der Waals surface area contributed by atoms with E-state index in [4.69, 9.17) is 4.74 Å². The van der Waals surface area contributed by atoms with Crippen LogP contribution in [0.25, 0.3) is 11.1 Å². The summed E-state index contributed by atoms with van der Waals surface area (Å²) < 4.78 is 5.25. The molecule has 0 aliphatic rings. The highest BCUT2D eigenvalue weighted by atomic mass is 16.5. The highest BCUT2D eigenvalue weighted by Crippen LogP contribution is 2.20. The van der Waals surface area contributed by atoms with Gasteiger partial charge in [0, 0.05) is 11.1 Å². The van der Waals surface area contributed by atoms with E-state index in [0.29, 0.717) is 16.8 Å². The third-order valence-corrected chi connectivity index (χ3v) is 5.08. The predicted molar refractivity (Wildman–Crippen MR) is 127 cm³/mol. The van der Waals surface area contributed by atoms with Crippen LogP contribution < -0.4 is 5.32 Å². The monoisotopic (exact) mass is 435 g/mol. The Balaban J connectivity index is 1.40. The summed E-state index contributed by atoms with van der Waals surface area (Å²) in [5, 5.41) is 2.72. The van der Waals surface area contributed by atoms with Crippen molar-refractivity contribution in [2.75, 3.05) is 11.9 Å². The van der Waals surface area contributed by atoms with Crippen LogP contribution in [0.1, 0.15) is 31.1 Å². The Hall–Kier alpha value is -4.51. The van der Waals surface area contributed by atoms with Gasteiger partial charge < -0.3 is 10.1 Å². The van der Waals surface area contributed by atoms with Gasteiger partial charge in [-0.25, -0.2) is 4.79 Å². The molecule has 0 unspecified atom stereocenters. The first kappa shape index (κ1) is 21.7. The van der Waals surface area contributed by atoms with E-state index < -0.39 is 12.6 Å². The molecule has 0 atom stereocenters. The Bertz CT molecular complexity index is 1270. The van der Waals surface area contributed by atoms with Gasteiger partial charge >= 0.3 is 5.97 Å². The molecule has 0 radical (unpaired) electrons. The highest BCUT2D eigenvalue weighted by molar-refractivity contribution is 6.08. The Morgan fingerprint density at radius 3 is 1.88 bits per heavy atom. The fraction of sp³-hybridized carbons (Fsp3) is 0.0357. The largest absolute Gasteiger partial charge is 0.454 e. The molecule has 0 spiro atoms. The van der Waals surface area contributed by atoms with E-state index >= 15 is 0 Å². The maximum Gasteiger partial charge on any atom is 0.340 e. The summed E-state index contributed by atoms with van der Waals surface area (Å²) in [5.41, 5.74) is 3.46. The molecule has 1 N–H and O–H groups in total. The van der Waals surface area contributed by atoms with E-state index in [1.807, 2.05) is 48.5 Å². The molecule has 0 aliphatic carbocycles. The standard InChI is InChI=1S/C28H21NO4/c30-26(22-17-15-21(16-18-22)20-9-3-1-4-10-20)19-33-28(32)24-13-7-8-14-25(24)29-27(31)23-11-5-2-6-12-23/h1-18H,19H2,(H,29,31). The molecule has 0 saturated heterocycles. The van der Waals surface area contributed by atoms with Gasteiger partial charge in [0.15, 0.2) is 12.4 Å². The molecular formula is C28H21NO4. The summed E-state index contributed by atoms with van der Waals surface area (Å²) >= 11 is 0. The molecule has 33 heavy (non-hydrogen) atoms. The third-order valence-electron chi connectivity index (χ3n) is 5.08. The van der Waals surface area contributed by atoms with E-state index in [0.717, 1.165) is 11.1 Å². The van der Waals surface area contributed by atoms with E-state index in [2.05, 4.69) is 5.32 Å². The first-order valence-corrected chi connectivity index (χ1v) is 10.4. The summed E-state index contributed by atoms with van der Waals surface area (Å²) in [4.78, 5) is 37.6. The number of hydrogen-bond donors (Lipinski definition) is 1. The van der Waals surface area contributed by atoms with Crippen LogP contribution in [-0.2, 0) is 4.74 Å². The average Bonchev–Trinajstić information content (AvgIpc) is 2.88. The number of amides is 1. The van der Waals surface area contributed by atoms with Crippen LogP contribution in [-0.4, -0.2) is 24.3 Å². The molecule has 5 heteroatoms. The minimum Gasteiger partial charge on any atom is -0.454 e. The Kier molecular flexibility index (Phi) is 6.71. The minimum absolute atomic E-state index is 0.175. The third kappa shape index (κ3) is 5.40. The minimum atomic E-state index is -0.687. The number of Topliss-reactive ketones (excluding diaryl/α,β-unsaturated/α-hetero) is 1. The molecule has 0 bridgehead atoms.